The van der Waals surface area contributed by atoms with E-state index in [2.05, 4.69) is 15.9 Å². The number of methoxy groups -OCH3 is 2. The second-order valence-electron chi connectivity index (χ2n) is 3.89. The molecule has 0 aliphatic carbocycles. The molecule has 0 aliphatic rings. The number of thiophene rings is 1. The molecule has 1 aromatic carbocycles. The minimum absolute atomic E-state index is 0.0999. The number of carbonyl (C=O) groups is 1. The third-order valence-corrected chi connectivity index (χ3v) is 4.33. The maximum absolute atomic E-state index is 12.1. The zero-order valence-electron chi connectivity index (χ0n) is 10.6. The number of hydrogen-bond donors (Lipinski definition) is 0. The van der Waals surface area contributed by atoms with E-state index in [0.29, 0.717) is 17.9 Å². The van der Waals surface area contributed by atoms with Crippen molar-refractivity contribution in [1.29, 1.82) is 0 Å². The molecule has 0 atom stereocenters. The summed E-state index contributed by atoms with van der Waals surface area (Å²) in [5.41, 5.74) is 0.909. The molecule has 0 unspecified atom stereocenters. The maximum Gasteiger partial charge on any atom is 0.177 e. The Bertz CT molecular complexity index is 592. The van der Waals surface area contributed by atoms with E-state index in [1.165, 1.54) is 11.3 Å². The van der Waals surface area contributed by atoms with Gasteiger partial charge in [-0.25, -0.2) is 0 Å². The molecular weight excluding hydrogens is 328 g/mol. The van der Waals surface area contributed by atoms with E-state index in [0.717, 1.165) is 14.2 Å². The van der Waals surface area contributed by atoms with Crippen LogP contribution in [0.2, 0.25) is 0 Å². The van der Waals surface area contributed by atoms with Crippen LogP contribution >= 0.6 is 27.3 Å². The average Bonchev–Trinajstić information content (AvgIpc) is 2.85. The Morgan fingerprint density at radius 1 is 1.16 bits per heavy atom. The van der Waals surface area contributed by atoms with Gasteiger partial charge in [0.2, 0.25) is 0 Å². The zero-order chi connectivity index (χ0) is 13.8. The molecule has 0 aliphatic heterocycles. The second-order valence-corrected chi connectivity index (χ2v) is 6.36. The summed E-state index contributed by atoms with van der Waals surface area (Å²) in [4.78, 5) is 12.9. The molecule has 0 N–H and O–H groups in total. The Hall–Kier alpha value is -1.33. The molecule has 3 nitrogen and oxygen atoms in total. The van der Waals surface area contributed by atoms with E-state index in [1.54, 1.807) is 14.2 Å². The van der Waals surface area contributed by atoms with Gasteiger partial charge in [0.25, 0.3) is 0 Å². The Morgan fingerprint density at radius 2 is 1.89 bits per heavy atom. The first-order valence-corrected chi connectivity index (χ1v) is 7.24. The topological polar surface area (TPSA) is 35.5 Å². The minimum Gasteiger partial charge on any atom is -0.493 e. The standard InChI is InChI=1S/C14H13BrO3S/c1-17-11-4-3-9(8-12(11)18-2)7-10(16)13-5-6-14(15)19-13/h3-6,8H,7H2,1-2H3. The van der Waals surface area contributed by atoms with Crippen LogP contribution in [0.1, 0.15) is 15.2 Å². The van der Waals surface area contributed by atoms with Crippen molar-refractivity contribution in [1.82, 2.24) is 0 Å². The molecule has 2 rings (SSSR count). The van der Waals surface area contributed by atoms with Crippen molar-refractivity contribution in [2.45, 2.75) is 6.42 Å². The van der Waals surface area contributed by atoms with Crippen LogP contribution in [-0.4, -0.2) is 20.0 Å². The molecule has 0 saturated heterocycles. The summed E-state index contributed by atoms with van der Waals surface area (Å²) in [5.74, 6) is 1.40. The lowest BCUT2D eigenvalue weighted by Crippen LogP contribution is -2.01. The summed E-state index contributed by atoms with van der Waals surface area (Å²) in [5, 5.41) is 0. The molecule has 0 saturated carbocycles. The third kappa shape index (κ3) is 3.36. The number of carbonyl (C=O) groups excluding carboxylic acids is 1. The number of halogens is 1. The molecule has 1 aromatic heterocycles. The summed E-state index contributed by atoms with van der Waals surface area (Å²) < 4.78 is 11.4. The fourth-order valence-corrected chi connectivity index (χ4v) is 3.05. The van der Waals surface area contributed by atoms with Crippen LogP contribution in [-0.2, 0) is 6.42 Å². The van der Waals surface area contributed by atoms with Crippen LogP contribution in [0.3, 0.4) is 0 Å². The smallest absolute Gasteiger partial charge is 0.177 e. The van der Waals surface area contributed by atoms with E-state index in [9.17, 15) is 4.79 Å². The molecule has 0 fully saturated rings. The van der Waals surface area contributed by atoms with Crippen LogP contribution in [0.5, 0.6) is 11.5 Å². The van der Waals surface area contributed by atoms with Gasteiger partial charge in [0.05, 0.1) is 22.9 Å². The van der Waals surface area contributed by atoms with Crippen molar-refractivity contribution >= 4 is 33.0 Å². The first-order chi connectivity index (χ1) is 9.13. The van der Waals surface area contributed by atoms with E-state index in [-0.39, 0.29) is 5.78 Å². The molecule has 2 aromatic rings. The van der Waals surface area contributed by atoms with Crippen LogP contribution in [0.15, 0.2) is 34.1 Å². The molecule has 19 heavy (non-hydrogen) atoms. The molecule has 0 amide bonds. The summed E-state index contributed by atoms with van der Waals surface area (Å²) in [7, 11) is 3.17. The van der Waals surface area contributed by atoms with Gasteiger partial charge in [0, 0.05) is 6.42 Å². The summed E-state index contributed by atoms with van der Waals surface area (Å²) >= 11 is 4.80. The van der Waals surface area contributed by atoms with Crippen molar-refractivity contribution in [3.05, 3.63) is 44.6 Å². The van der Waals surface area contributed by atoms with Gasteiger partial charge in [-0.1, -0.05) is 6.07 Å². The molecular formula is C14H13BrO3S. The molecule has 100 valence electrons. The molecule has 5 heteroatoms. The van der Waals surface area contributed by atoms with E-state index in [4.69, 9.17) is 9.47 Å². The van der Waals surface area contributed by atoms with Gasteiger partial charge in [-0.3, -0.25) is 4.79 Å². The van der Waals surface area contributed by atoms with Gasteiger partial charge in [-0.15, -0.1) is 11.3 Å². The van der Waals surface area contributed by atoms with Gasteiger partial charge >= 0.3 is 0 Å². The SMILES string of the molecule is COc1ccc(CC(=O)c2ccc(Br)s2)cc1OC. The number of ether oxygens (including phenoxy) is 2. The van der Waals surface area contributed by atoms with Gasteiger partial charge in [0.1, 0.15) is 0 Å². The predicted molar refractivity (Wildman–Crippen MR) is 79.6 cm³/mol. The highest BCUT2D eigenvalue weighted by Crippen LogP contribution is 2.29. The predicted octanol–water partition coefficient (Wildman–Crippen LogP) is 3.95. The molecule has 0 bridgehead atoms. The minimum atomic E-state index is 0.0999. The third-order valence-electron chi connectivity index (χ3n) is 2.66. The molecule has 0 spiro atoms. The van der Waals surface area contributed by atoms with Crippen molar-refractivity contribution in [3.8, 4) is 11.5 Å². The van der Waals surface area contributed by atoms with E-state index < -0.39 is 0 Å². The summed E-state index contributed by atoms with van der Waals surface area (Å²) in [6.07, 6.45) is 0.354. The van der Waals surface area contributed by atoms with Gasteiger partial charge in [0.15, 0.2) is 17.3 Å². The Morgan fingerprint density at radius 3 is 2.47 bits per heavy atom. The van der Waals surface area contributed by atoms with Gasteiger partial charge in [-0.05, 0) is 45.8 Å². The quantitative estimate of drug-likeness (QED) is 0.773. The molecule has 1 heterocycles. The zero-order valence-corrected chi connectivity index (χ0v) is 13.0. The lowest BCUT2D eigenvalue weighted by Gasteiger charge is -2.08. The van der Waals surface area contributed by atoms with Gasteiger partial charge in [-0.2, -0.15) is 0 Å². The number of rotatable bonds is 5. The van der Waals surface area contributed by atoms with E-state index >= 15 is 0 Å². The highest BCUT2D eigenvalue weighted by Gasteiger charge is 2.11. The van der Waals surface area contributed by atoms with Crippen molar-refractivity contribution in [2.24, 2.45) is 0 Å². The fraction of sp³-hybridized carbons (Fsp3) is 0.214. The van der Waals surface area contributed by atoms with Crippen LogP contribution in [0.4, 0.5) is 0 Å². The monoisotopic (exact) mass is 340 g/mol. The summed E-state index contributed by atoms with van der Waals surface area (Å²) in [6, 6.07) is 9.23. The number of ketones is 1. The van der Waals surface area contributed by atoms with Crippen molar-refractivity contribution in [2.75, 3.05) is 14.2 Å². The highest BCUT2D eigenvalue weighted by atomic mass is 79.9. The Labute approximate surface area is 124 Å². The van der Waals surface area contributed by atoms with Gasteiger partial charge < -0.3 is 9.47 Å². The van der Waals surface area contributed by atoms with Crippen molar-refractivity contribution < 1.29 is 14.3 Å². The first kappa shape index (κ1) is 14.1. The lowest BCUT2D eigenvalue weighted by molar-refractivity contribution is 0.0997. The number of Topliss-reactive ketones (excluding diaryl/α,β-unsaturated/α-hetero) is 1. The first-order valence-electron chi connectivity index (χ1n) is 5.63. The second kappa shape index (κ2) is 6.21. The van der Waals surface area contributed by atoms with E-state index in [1.807, 2.05) is 30.3 Å². The fourth-order valence-electron chi connectivity index (χ4n) is 1.73. The van der Waals surface area contributed by atoms with Crippen molar-refractivity contribution in [3.63, 3.8) is 0 Å². The maximum atomic E-state index is 12.1. The average molecular weight is 341 g/mol. The Kier molecular flexibility index (Phi) is 4.61. The number of benzene rings is 1. The lowest BCUT2D eigenvalue weighted by atomic mass is 10.1. The highest BCUT2D eigenvalue weighted by molar-refractivity contribution is 9.11. The van der Waals surface area contributed by atoms with Crippen LogP contribution in [0.25, 0.3) is 0 Å². The normalized spacial score (nSPS) is 10.3. The summed E-state index contributed by atoms with van der Waals surface area (Å²) in [6.45, 7) is 0. The molecule has 0 radical (unpaired) electrons. The van der Waals surface area contributed by atoms with Crippen LogP contribution in [0, 0.1) is 0 Å². The Balaban J connectivity index is 2.17. The number of hydrogen-bond acceptors (Lipinski definition) is 4. The largest absolute Gasteiger partial charge is 0.493 e. The van der Waals surface area contributed by atoms with Crippen LogP contribution < -0.4 is 9.47 Å².